The van der Waals surface area contributed by atoms with Crippen LogP contribution in [-0.2, 0) is 26.5 Å². The number of fused-ring (bicyclic) bond motifs is 1. The van der Waals surface area contributed by atoms with E-state index in [0.717, 1.165) is 27.9 Å². The standard InChI is InChI=1S/C46H46N3O2.Pt/c1-28-21-36(25-38(22-28)51-41-20-19-35-24-37(46(6,7)8)26-40(50)43(35)48-41)45-47-39(27-49(45)44-31(4)29(2)23-30(3)32(44)5)42(33-15-11-9-12-16-33)34-17-13-10-14-18-34;/h9-24,26,39,42,50H,27H2,1-8H3;/q-1;/t39-;/m1./s1. The number of amidine groups is 1. The predicted octanol–water partition coefficient (Wildman–Crippen LogP) is 10.8. The van der Waals surface area contributed by atoms with Crippen molar-refractivity contribution in [2.75, 3.05) is 11.4 Å². The van der Waals surface area contributed by atoms with E-state index in [1.54, 1.807) is 6.07 Å². The average molecular weight is 868 g/mol. The fourth-order valence-corrected chi connectivity index (χ4v) is 7.35. The molecule has 1 N–H and O–H groups in total. The predicted molar refractivity (Wildman–Crippen MR) is 210 cm³/mol. The molecule has 0 unspecified atom stereocenters. The van der Waals surface area contributed by atoms with Crippen molar-refractivity contribution in [1.29, 1.82) is 0 Å². The molecule has 5 nitrogen and oxygen atoms in total. The minimum absolute atomic E-state index is 0. The molecule has 268 valence electrons. The molecule has 0 spiro atoms. The Morgan fingerprint density at radius 3 is 2.00 bits per heavy atom. The van der Waals surface area contributed by atoms with Crippen molar-refractivity contribution < 1.29 is 30.9 Å². The number of hydrogen-bond donors (Lipinski definition) is 1. The zero-order valence-corrected chi connectivity index (χ0v) is 33.5. The number of aromatic nitrogens is 1. The molecule has 0 radical (unpaired) electrons. The Balaban J connectivity index is 0.00000464. The molecule has 1 aromatic heterocycles. The van der Waals surface area contributed by atoms with E-state index in [9.17, 15) is 5.11 Å². The first-order valence-corrected chi connectivity index (χ1v) is 17.8. The van der Waals surface area contributed by atoms with Crippen LogP contribution in [0.3, 0.4) is 0 Å². The molecule has 52 heavy (non-hydrogen) atoms. The van der Waals surface area contributed by atoms with Crippen LogP contribution in [0.5, 0.6) is 17.4 Å². The van der Waals surface area contributed by atoms with E-state index in [-0.39, 0.29) is 44.2 Å². The number of aryl methyl sites for hydroxylation is 3. The maximum atomic E-state index is 10.9. The number of hydrogen-bond acceptors (Lipinski definition) is 5. The topological polar surface area (TPSA) is 58.0 Å². The van der Waals surface area contributed by atoms with Crippen LogP contribution < -0.4 is 9.64 Å². The number of anilines is 1. The summed E-state index contributed by atoms with van der Waals surface area (Å²) < 4.78 is 6.41. The molecule has 0 saturated carbocycles. The van der Waals surface area contributed by atoms with E-state index in [2.05, 4.69) is 145 Å². The molecular formula is C46H46N3O2Pt-. The Kier molecular flexibility index (Phi) is 10.5. The first-order valence-electron chi connectivity index (χ1n) is 17.8. The largest absolute Gasteiger partial charge is 0.506 e. The molecule has 0 bridgehead atoms. The van der Waals surface area contributed by atoms with Gasteiger partial charge in [0.1, 0.15) is 11.3 Å². The smallest absolute Gasteiger partial charge is 0.217 e. The third kappa shape index (κ3) is 7.30. The van der Waals surface area contributed by atoms with Crippen molar-refractivity contribution in [2.45, 2.75) is 72.8 Å². The van der Waals surface area contributed by atoms with Crippen molar-refractivity contribution in [3.63, 3.8) is 0 Å². The van der Waals surface area contributed by atoms with Crippen LogP contribution in [0.4, 0.5) is 5.69 Å². The number of aromatic hydroxyl groups is 1. The second kappa shape index (κ2) is 14.7. The first-order chi connectivity index (χ1) is 24.4. The number of phenols is 1. The Hall–Kier alpha value is -4.73. The van der Waals surface area contributed by atoms with Gasteiger partial charge in [-0.05, 0) is 90.3 Å². The molecule has 0 aliphatic carbocycles. The van der Waals surface area contributed by atoms with Crippen LogP contribution in [0.2, 0.25) is 0 Å². The van der Waals surface area contributed by atoms with Crippen molar-refractivity contribution in [2.24, 2.45) is 4.99 Å². The fraction of sp³-hybridized carbons (Fsp3) is 0.261. The van der Waals surface area contributed by atoms with Crippen molar-refractivity contribution >= 4 is 22.4 Å². The summed E-state index contributed by atoms with van der Waals surface area (Å²) in [5.41, 5.74) is 12.1. The fourth-order valence-electron chi connectivity index (χ4n) is 7.35. The summed E-state index contributed by atoms with van der Waals surface area (Å²) in [4.78, 5) is 12.7. The van der Waals surface area contributed by atoms with Crippen LogP contribution in [0.25, 0.3) is 10.9 Å². The van der Waals surface area contributed by atoms with Crippen LogP contribution in [0, 0.1) is 40.7 Å². The van der Waals surface area contributed by atoms with Gasteiger partial charge in [0.2, 0.25) is 5.88 Å². The number of nitrogens with zero attached hydrogens (tertiary/aromatic N) is 3. The summed E-state index contributed by atoms with van der Waals surface area (Å²) in [6, 6.07) is 39.1. The Morgan fingerprint density at radius 1 is 0.788 bits per heavy atom. The minimum Gasteiger partial charge on any atom is -0.506 e. The van der Waals surface area contributed by atoms with Crippen molar-refractivity contribution in [3.8, 4) is 17.4 Å². The number of pyridine rings is 1. The normalized spacial score (nSPS) is 14.4. The van der Waals surface area contributed by atoms with Gasteiger partial charge in [-0.25, -0.2) is 4.98 Å². The summed E-state index contributed by atoms with van der Waals surface area (Å²) in [6.07, 6.45) is 0. The molecule has 5 aromatic carbocycles. The molecule has 1 aliphatic rings. The average Bonchev–Trinajstić information content (AvgIpc) is 3.52. The Bertz CT molecular complexity index is 2210. The zero-order chi connectivity index (χ0) is 36.0. The van der Waals surface area contributed by atoms with Crippen molar-refractivity contribution in [1.82, 2.24) is 4.98 Å². The van der Waals surface area contributed by atoms with Gasteiger partial charge in [-0.15, -0.1) is 17.2 Å². The van der Waals surface area contributed by atoms with Crippen molar-refractivity contribution in [3.05, 3.63) is 159 Å². The van der Waals surface area contributed by atoms with E-state index in [4.69, 9.17) is 14.7 Å². The van der Waals surface area contributed by atoms with Gasteiger partial charge >= 0.3 is 0 Å². The Labute approximate surface area is 322 Å². The monoisotopic (exact) mass is 867 g/mol. The van der Waals surface area contributed by atoms with Gasteiger partial charge in [0.15, 0.2) is 0 Å². The summed E-state index contributed by atoms with van der Waals surface area (Å²) in [7, 11) is 0. The maximum Gasteiger partial charge on any atom is 0.217 e. The number of rotatable bonds is 7. The number of aliphatic imine (C=N–C) groups is 1. The van der Waals surface area contributed by atoms with E-state index in [1.807, 2.05) is 18.2 Å². The molecule has 1 aliphatic heterocycles. The molecule has 6 aromatic rings. The molecule has 1 atom stereocenters. The SMILES string of the molecule is Cc1cc(Oc2ccc3cc(C(C)(C)C)cc(O)c3n2)[c-]c(C2=N[C@@H](C(c3ccccc3)c3ccccc3)CN2c2c(C)c(C)cc(C)c2C)c1.[Pt]. The van der Waals surface area contributed by atoms with Crippen LogP contribution >= 0.6 is 0 Å². The van der Waals surface area contributed by atoms with Gasteiger partial charge in [-0.2, -0.15) is 0 Å². The van der Waals surface area contributed by atoms with Gasteiger partial charge in [0.05, 0.1) is 11.9 Å². The number of phenolic OH excluding ortho intramolecular Hbond substituents is 1. The second-order valence-electron chi connectivity index (χ2n) is 15.0. The number of benzene rings is 5. The molecule has 6 heteroatoms. The summed E-state index contributed by atoms with van der Waals surface area (Å²) >= 11 is 0. The molecular weight excluding hydrogens is 822 g/mol. The third-order valence-electron chi connectivity index (χ3n) is 10.3. The quantitative estimate of drug-likeness (QED) is 0.162. The Morgan fingerprint density at radius 2 is 1.40 bits per heavy atom. The zero-order valence-electron chi connectivity index (χ0n) is 31.2. The van der Waals surface area contributed by atoms with Gasteiger partial charge in [-0.3, -0.25) is 0 Å². The first kappa shape index (κ1) is 37.0. The van der Waals surface area contributed by atoms with Gasteiger partial charge < -0.3 is 19.7 Å². The molecule has 0 amide bonds. The van der Waals surface area contributed by atoms with Crippen LogP contribution in [0.15, 0.2) is 108 Å². The summed E-state index contributed by atoms with van der Waals surface area (Å²) in [6.45, 7) is 18.0. The third-order valence-corrected chi connectivity index (χ3v) is 10.3. The minimum atomic E-state index is -0.0972. The maximum absolute atomic E-state index is 10.9. The molecule has 0 fully saturated rings. The van der Waals surface area contributed by atoms with E-state index >= 15 is 0 Å². The van der Waals surface area contributed by atoms with E-state index in [1.165, 1.54) is 39.1 Å². The molecule has 0 saturated heterocycles. The number of ether oxygens (including phenoxy) is 1. The molecule has 7 rings (SSSR count). The van der Waals surface area contributed by atoms with Gasteiger partial charge in [-0.1, -0.05) is 107 Å². The van der Waals surface area contributed by atoms with Gasteiger partial charge in [0, 0.05) is 56.4 Å². The van der Waals surface area contributed by atoms with Gasteiger partial charge in [0.25, 0.3) is 0 Å². The van der Waals surface area contributed by atoms with Crippen LogP contribution in [0.1, 0.15) is 76.8 Å². The summed E-state index contributed by atoms with van der Waals surface area (Å²) in [5, 5.41) is 11.8. The van der Waals surface area contributed by atoms with E-state index < -0.39 is 0 Å². The second-order valence-corrected chi connectivity index (χ2v) is 15.0. The summed E-state index contributed by atoms with van der Waals surface area (Å²) in [5.74, 6) is 2.02. The van der Waals surface area contributed by atoms with E-state index in [0.29, 0.717) is 23.7 Å². The van der Waals surface area contributed by atoms with Crippen LogP contribution in [-0.4, -0.2) is 28.5 Å². The molecule has 2 heterocycles.